The fraction of sp³-hybridized carbons (Fsp3) is 0.500. The van der Waals surface area contributed by atoms with Crippen LogP contribution in [-0.4, -0.2) is 16.3 Å². The lowest BCUT2D eigenvalue weighted by molar-refractivity contribution is 0.353. The summed E-state index contributed by atoms with van der Waals surface area (Å²) in [7, 11) is 1.74. The second kappa shape index (κ2) is 2.79. The lowest BCUT2D eigenvalue weighted by Gasteiger charge is -1.97. The lowest BCUT2D eigenvalue weighted by Crippen LogP contribution is -2.06. The largest absolute Gasteiger partial charge is 0.327 e. The van der Waals surface area contributed by atoms with Crippen molar-refractivity contribution in [3.63, 3.8) is 0 Å². The van der Waals surface area contributed by atoms with E-state index in [0.29, 0.717) is 5.56 Å². The van der Waals surface area contributed by atoms with Gasteiger partial charge in [0.25, 0.3) is 0 Å². The molecule has 4 heteroatoms. The molecule has 3 nitrogen and oxygen atoms in total. The molecule has 1 aromatic rings. The van der Waals surface area contributed by atoms with Gasteiger partial charge in [0.2, 0.25) is 0 Å². The molecule has 0 bridgehead atoms. The molecule has 0 radical (unpaired) electrons. The number of halogens is 1. The summed E-state index contributed by atoms with van der Waals surface area (Å²) in [6.07, 6.45) is 2.03. The molecule has 0 aliphatic rings. The van der Waals surface area contributed by atoms with Gasteiger partial charge in [-0.25, -0.2) is 4.39 Å². The molecule has 0 saturated heterocycles. The Hall–Kier alpha value is -0.900. The number of nitrogens with two attached hydrogens (primary N) is 1. The SMILES string of the molecule is Cn1cc(C(F)CN)cn1. The van der Waals surface area contributed by atoms with Crippen LogP contribution in [0.3, 0.4) is 0 Å². The van der Waals surface area contributed by atoms with Gasteiger partial charge >= 0.3 is 0 Å². The minimum atomic E-state index is -1.08. The second-order valence-corrected chi connectivity index (χ2v) is 2.15. The Labute approximate surface area is 58.6 Å². The van der Waals surface area contributed by atoms with Crippen LogP contribution in [0.1, 0.15) is 11.7 Å². The Morgan fingerprint density at radius 1 is 1.90 bits per heavy atom. The summed E-state index contributed by atoms with van der Waals surface area (Å²) >= 11 is 0. The highest BCUT2D eigenvalue weighted by Crippen LogP contribution is 2.13. The van der Waals surface area contributed by atoms with E-state index in [1.54, 1.807) is 17.9 Å². The molecule has 1 rings (SSSR count). The lowest BCUT2D eigenvalue weighted by atomic mass is 10.2. The Morgan fingerprint density at radius 3 is 3.00 bits per heavy atom. The highest BCUT2D eigenvalue weighted by molar-refractivity contribution is 5.07. The van der Waals surface area contributed by atoms with Crippen LogP contribution in [0.25, 0.3) is 0 Å². The predicted octanol–water partition coefficient (Wildman–Crippen LogP) is 0.389. The molecule has 10 heavy (non-hydrogen) atoms. The van der Waals surface area contributed by atoms with Crippen LogP contribution in [0.5, 0.6) is 0 Å². The molecule has 1 unspecified atom stereocenters. The maximum absolute atomic E-state index is 12.7. The van der Waals surface area contributed by atoms with Crippen molar-refractivity contribution in [1.29, 1.82) is 0 Å². The number of aromatic nitrogens is 2. The highest BCUT2D eigenvalue weighted by Gasteiger charge is 2.07. The third kappa shape index (κ3) is 1.33. The van der Waals surface area contributed by atoms with Crippen molar-refractivity contribution in [2.24, 2.45) is 12.8 Å². The molecular formula is C6H10FN3. The van der Waals surface area contributed by atoms with Gasteiger partial charge in [-0.2, -0.15) is 5.10 Å². The first-order valence-corrected chi connectivity index (χ1v) is 3.06. The smallest absolute Gasteiger partial charge is 0.140 e. The summed E-state index contributed by atoms with van der Waals surface area (Å²) in [6, 6.07) is 0. The van der Waals surface area contributed by atoms with Gasteiger partial charge in [-0.1, -0.05) is 0 Å². The number of hydrogen-bond donors (Lipinski definition) is 1. The highest BCUT2D eigenvalue weighted by atomic mass is 19.1. The van der Waals surface area contributed by atoms with Crippen LogP contribution in [0, 0.1) is 0 Å². The molecule has 1 atom stereocenters. The number of rotatable bonds is 2. The molecule has 1 aromatic heterocycles. The van der Waals surface area contributed by atoms with Gasteiger partial charge in [-0.3, -0.25) is 4.68 Å². The normalized spacial score (nSPS) is 13.5. The zero-order chi connectivity index (χ0) is 7.56. The van der Waals surface area contributed by atoms with E-state index in [2.05, 4.69) is 5.10 Å². The summed E-state index contributed by atoms with van der Waals surface area (Å²) in [5.74, 6) is 0. The zero-order valence-electron chi connectivity index (χ0n) is 5.79. The molecule has 0 aromatic carbocycles. The van der Waals surface area contributed by atoms with E-state index in [0.717, 1.165) is 0 Å². The summed E-state index contributed by atoms with van der Waals surface area (Å²) < 4.78 is 14.3. The van der Waals surface area contributed by atoms with Crippen molar-refractivity contribution in [3.8, 4) is 0 Å². The van der Waals surface area contributed by atoms with Crippen LogP contribution in [0.4, 0.5) is 4.39 Å². The van der Waals surface area contributed by atoms with Gasteiger partial charge < -0.3 is 5.73 Å². The summed E-state index contributed by atoms with van der Waals surface area (Å²) in [5.41, 5.74) is 5.65. The second-order valence-electron chi connectivity index (χ2n) is 2.15. The first-order valence-electron chi connectivity index (χ1n) is 3.06. The van der Waals surface area contributed by atoms with E-state index in [1.165, 1.54) is 6.20 Å². The molecule has 0 saturated carbocycles. The van der Waals surface area contributed by atoms with Crippen LogP contribution >= 0.6 is 0 Å². The third-order valence-electron chi connectivity index (χ3n) is 1.29. The molecule has 0 aliphatic carbocycles. The monoisotopic (exact) mass is 143 g/mol. The van der Waals surface area contributed by atoms with Crippen LogP contribution in [0.2, 0.25) is 0 Å². The number of aryl methyl sites for hydroxylation is 1. The van der Waals surface area contributed by atoms with E-state index in [-0.39, 0.29) is 6.54 Å². The van der Waals surface area contributed by atoms with Crippen molar-refractivity contribution in [1.82, 2.24) is 9.78 Å². The molecular weight excluding hydrogens is 133 g/mol. The summed E-state index contributed by atoms with van der Waals surface area (Å²) in [5, 5.41) is 3.81. The van der Waals surface area contributed by atoms with Crippen molar-refractivity contribution in [2.45, 2.75) is 6.17 Å². The van der Waals surface area contributed by atoms with E-state index in [4.69, 9.17) is 5.73 Å². The molecule has 0 spiro atoms. The van der Waals surface area contributed by atoms with Gasteiger partial charge in [0, 0.05) is 25.4 Å². The zero-order valence-corrected chi connectivity index (χ0v) is 5.79. The number of hydrogen-bond acceptors (Lipinski definition) is 2. The maximum Gasteiger partial charge on any atom is 0.140 e. The number of alkyl halides is 1. The number of nitrogens with zero attached hydrogens (tertiary/aromatic N) is 2. The molecule has 0 aliphatic heterocycles. The Balaban J connectivity index is 2.74. The van der Waals surface area contributed by atoms with Gasteiger partial charge in [0.15, 0.2) is 0 Å². The van der Waals surface area contributed by atoms with E-state index >= 15 is 0 Å². The maximum atomic E-state index is 12.7. The molecule has 0 amide bonds. The fourth-order valence-electron chi connectivity index (χ4n) is 0.738. The Kier molecular flexibility index (Phi) is 2.01. The Morgan fingerprint density at radius 2 is 2.60 bits per heavy atom. The minimum absolute atomic E-state index is 0.0195. The average molecular weight is 143 g/mol. The first kappa shape index (κ1) is 7.21. The van der Waals surface area contributed by atoms with Crippen molar-refractivity contribution >= 4 is 0 Å². The van der Waals surface area contributed by atoms with E-state index in [1.807, 2.05) is 0 Å². The van der Waals surface area contributed by atoms with Gasteiger partial charge in [0.1, 0.15) is 6.17 Å². The van der Waals surface area contributed by atoms with E-state index < -0.39 is 6.17 Å². The van der Waals surface area contributed by atoms with Crippen molar-refractivity contribution < 1.29 is 4.39 Å². The Bertz CT molecular complexity index is 209. The van der Waals surface area contributed by atoms with Gasteiger partial charge in [-0.15, -0.1) is 0 Å². The molecule has 56 valence electrons. The molecule has 1 heterocycles. The summed E-state index contributed by atoms with van der Waals surface area (Å²) in [6.45, 7) is 0.0195. The predicted molar refractivity (Wildman–Crippen MR) is 36.1 cm³/mol. The third-order valence-corrected chi connectivity index (χ3v) is 1.29. The van der Waals surface area contributed by atoms with E-state index in [9.17, 15) is 4.39 Å². The standard InChI is InChI=1S/C6H10FN3/c1-10-4-5(3-9-10)6(7)2-8/h3-4,6H,2,8H2,1H3. The van der Waals surface area contributed by atoms with Crippen LogP contribution in [0.15, 0.2) is 12.4 Å². The first-order chi connectivity index (χ1) is 4.74. The average Bonchev–Trinajstić information content (AvgIpc) is 2.34. The van der Waals surface area contributed by atoms with Crippen LogP contribution < -0.4 is 5.73 Å². The topological polar surface area (TPSA) is 43.8 Å². The fourth-order valence-corrected chi connectivity index (χ4v) is 0.738. The van der Waals surface area contributed by atoms with Gasteiger partial charge in [-0.05, 0) is 0 Å². The molecule has 0 fully saturated rings. The quantitative estimate of drug-likeness (QED) is 0.650. The summed E-state index contributed by atoms with van der Waals surface area (Å²) in [4.78, 5) is 0. The van der Waals surface area contributed by atoms with Crippen LogP contribution in [-0.2, 0) is 7.05 Å². The van der Waals surface area contributed by atoms with Gasteiger partial charge in [0.05, 0.1) is 6.20 Å². The van der Waals surface area contributed by atoms with Crippen molar-refractivity contribution in [3.05, 3.63) is 18.0 Å². The minimum Gasteiger partial charge on any atom is -0.327 e. The molecule has 2 N–H and O–H groups in total. The van der Waals surface area contributed by atoms with Crippen molar-refractivity contribution in [2.75, 3.05) is 6.54 Å².